The van der Waals surface area contributed by atoms with Crippen molar-refractivity contribution in [2.45, 2.75) is 0 Å². The summed E-state index contributed by atoms with van der Waals surface area (Å²) in [5.41, 5.74) is 5.16. The number of hydrogen-bond acceptors (Lipinski definition) is 1. The number of fused-ring (bicyclic) bond motifs is 8. The third kappa shape index (κ3) is 3.08. The van der Waals surface area contributed by atoms with Gasteiger partial charge in [0.1, 0.15) is 0 Å². The molecule has 0 aliphatic heterocycles. The van der Waals surface area contributed by atoms with Crippen LogP contribution in [0.5, 0.6) is 0 Å². The maximum atomic E-state index is 2.44. The van der Waals surface area contributed by atoms with Crippen LogP contribution >= 0.6 is 11.3 Å². The first-order valence-corrected chi connectivity index (χ1v) is 13.5. The summed E-state index contributed by atoms with van der Waals surface area (Å²) in [6, 6.07) is 48.9. The number of hydrogen-bond donors (Lipinski definition) is 0. The average molecular weight is 487 g/mol. The molecule has 37 heavy (non-hydrogen) atoms. The van der Waals surface area contributed by atoms with Gasteiger partial charge in [-0.2, -0.15) is 0 Å². The van der Waals surface area contributed by atoms with E-state index in [1.807, 2.05) is 11.3 Å². The van der Waals surface area contributed by atoms with Crippen LogP contribution in [0.1, 0.15) is 0 Å². The zero-order chi connectivity index (χ0) is 24.3. The molecule has 1 heteroatoms. The van der Waals surface area contributed by atoms with Gasteiger partial charge in [-0.15, -0.1) is 11.3 Å². The van der Waals surface area contributed by atoms with Crippen molar-refractivity contribution in [2.24, 2.45) is 0 Å². The molecule has 0 saturated carbocycles. The average Bonchev–Trinajstić information content (AvgIpc) is 3.36. The minimum absolute atomic E-state index is 1.25. The minimum Gasteiger partial charge on any atom is -0.135 e. The van der Waals surface area contributed by atoms with Crippen LogP contribution in [-0.4, -0.2) is 0 Å². The molecule has 0 aliphatic rings. The van der Waals surface area contributed by atoms with Gasteiger partial charge in [0.15, 0.2) is 0 Å². The minimum atomic E-state index is 1.25. The van der Waals surface area contributed by atoms with Crippen molar-refractivity contribution < 1.29 is 0 Å². The molecule has 0 spiro atoms. The van der Waals surface area contributed by atoms with Gasteiger partial charge in [0.05, 0.1) is 0 Å². The first-order valence-electron chi connectivity index (χ1n) is 12.7. The molecule has 0 N–H and O–H groups in total. The van der Waals surface area contributed by atoms with Crippen LogP contribution in [0.15, 0.2) is 133 Å². The third-order valence-electron chi connectivity index (χ3n) is 7.66. The Hall–Kier alpha value is -4.46. The van der Waals surface area contributed by atoms with Gasteiger partial charge in [-0.1, -0.05) is 115 Å². The Labute approximate surface area is 219 Å². The van der Waals surface area contributed by atoms with Crippen LogP contribution in [0.25, 0.3) is 74.7 Å². The van der Waals surface area contributed by atoms with Crippen molar-refractivity contribution in [3.8, 4) is 22.3 Å². The van der Waals surface area contributed by atoms with E-state index in [0.29, 0.717) is 0 Å². The molecular formula is C36H22S. The van der Waals surface area contributed by atoms with Crippen molar-refractivity contribution in [2.75, 3.05) is 0 Å². The van der Waals surface area contributed by atoms with Crippen LogP contribution in [0.4, 0.5) is 0 Å². The number of rotatable bonds is 2. The summed E-state index contributed by atoms with van der Waals surface area (Å²) in [7, 11) is 0. The molecule has 0 fully saturated rings. The fourth-order valence-corrected chi connectivity index (χ4v) is 7.22. The van der Waals surface area contributed by atoms with Gasteiger partial charge >= 0.3 is 0 Å². The second-order valence-corrected chi connectivity index (χ2v) is 10.7. The van der Waals surface area contributed by atoms with E-state index < -0.39 is 0 Å². The van der Waals surface area contributed by atoms with Crippen molar-refractivity contribution in [1.29, 1.82) is 0 Å². The van der Waals surface area contributed by atoms with Crippen LogP contribution in [-0.2, 0) is 0 Å². The van der Waals surface area contributed by atoms with E-state index in [1.54, 1.807) is 0 Å². The zero-order valence-corrected chi connectivity index (χ0v) is 20.9. The maximum Gasteiger partial charge on any atom is 0.0434 e. The second-order valence-electron chi connectivity index (χ2n) is 9.68. The van der Waals surface area contributed by atoms with Gasteiger partial charge in [0.2, 0.25) is 0 Å². The molecule has 0 amide bonds. The quantitative estimate of drug-likeness (QED) is 0.213. The molecule has 1 heterocycles. The standard InChI is InChI=1S/C36H22S/c1-2-11-23(12-3-1)31-21-33-27-16-7-6-15-26(27)32(22-34(33)25-14-5-4-13-24(25)31)30-19-10-18-29-28-17-8-9-20-35(28)37-36(29)30/h1-22H. The van der Waals surface area contributed by atoms with E-state index in [4.69, 9.17) is 0 Å². The van der Waals surface area contributed by atoms with Gasteiger partial charge in [0.25, 0.3) is 0 Å². The molecule has 8 rings (SSSR count). The predicted octanol–water partition coefficient (Wildman–Crippen LogP) is 10.8. The summed E-state index contributed by atoms with van der Waals surface area (Å²) in [6.07, 6.45) is 0. The van der Waals surface area contributed by atoms with E-state index in [-0.39, 0.29) is 0 Å². The highest BCUT2D eigenvalue weighted by atomic mass is 32.1. The molecule has 172 valence electrons. The monoisotopic (exact) mass is 486 g/mol. The molecule has 0 aliphatic carbocycles. The van der Waals surface area contributed by atoms with E-state index in [1.165, 1.54) is 74.7 Å². The van der Waals surface area contributed by atoms with Crippen LogP contribution in [0.3, 0.4) is 0 Å². The largest absolute Gasteiger partial charge is 0.135 e. The fraction of sp³-hybridized carbons (Fsp3) is 0. The Morgan fingerprint density at radius 1 is 0.324 bits per heavy atom. The number of thiophene rings is 1. The molecule has 8 aromatic rings. The summed E-state index contributed by atoms with van der Waals surface area (Å²) < 4.78 is 2.70. The van der Waals surface area contributed by atoms with Gasteiger partial charge < -0.3 is 0 Å². The highest BCUT2D eigenvalue weighted by molar-refractivity contribution is 7.26. The van der Waals surface area contributed by atoms with Crippen molar-refractivity contribution >= 4 is 63.8 Å². The van der Waals surface area contributed by atoms with Gasteiger partial charge in [-0.3, -0.25) is 0 Å². The highest BCUT2D eigenvalue weighted by Gasteiger charge is 2.16. The SMILES string of the molecule is c1ccc(-c2cc3c4ccccc4c(-c4cccc5c4sc4ccccc45)cc3c3ccccc23)cc1. The lowest BCUT2D eigenvalue weighted by molar-refractivity contribution is 1.67. The Balaban J connectivity index is 1.54. The predicted molar refractivity (Wildman–Crippen MR) is 163 cm³/mol. The van der Waals surface area contributed by atoms with Crippen LogP contribution in [0.2, 0.25) is 0 Å². The lowest BCUT2D eigenvalue weighted by Crippen LogP contribution is -1.89. The molecule has 7 aromatic carbocycles. The van der Waals surface area contributed by atoms with E-state index >= 15 is 0 Å². The molecule has 0 saturated heterocycles. The van der Waals surface area contributed by atoms with Crippen molar-refractivity contribution in [1.82, 2.24) is 0 Å². The zero-order valence-electron chi connectivity index (χ0n) is 20.1. The smallest absolute Gasteiger partial charge is 0.0434 e. The summed E-state index contributed by atoms with van der Waals surface area (Å²) in [4.78, 5) is 0. The molecule has 0 nitrogen and oxygen atoms in total. The Morgan fingerprint density at radius 3 is 1.59 bits per heavy atom. The van der Waals surface area contributed by atoms with Crippen molar-refractivity contribution in [3.63, 3.8) is 0 Å². The number of benzene rings is 7. The second kappa shape index (κ2) is 8.03. The van der Waals surface area contributed by atoms with Crippen LogP contribution in [0, 0.1) is 0 Å². The first kappa shape index (κ1) is 20.7. The Morgan fingerprint density at radius 2 is 0.865 bits per heavy atom. The maximum absolute atomic E-state index is 2.44. The van der Waals surface area contributed by atoms with Crippen molar-refractivity contribution in [3.05, 3.63) is 133 Å². The summed E-state index contributed by atoms with van der Waals surface area (Å²) in [5.74, 6) is 0. The summed E-state index contributed by atoms with van der Waals surface area (Å²) in [6.45, 7) is 0. The normalized spacial score (nSPS) is 11.8. The van der Waals surface area contributed by atoms with E-state index in [0.717, 1.165) is 0 Å². The topological polar surface area (TPSA) is 0 Å². The molecule has 1 aromatic heterocycles. The summed E-state index contributed by atoms with van der Waals surface area (Å²) >= 11 is 1.90. The fourth-order valence-electron chi connectivity index (χ4n) is 5.99. The van der Waals surface area contributed by atoms with Gasteiger partial charge in [-0.25, -0.2) is 0 Å². The van der Waals surface area contributed by atoms with Gasteiger partial charge in [-0.05, 0) is 67.2 Å². The first-order chi connectivity index (χ1) is 18.4. The Kier molecular flexibility index (Phi) is 4.49. The molecule has 0 atom stereocenters. The van der Waals surface area contributed by atoms with Gasteiger partial charge in [0, 0.05) is 25.7 Å². The lowest BCUT2D eigenvalue weighted by Gasteiger charge is -2.16. The third-order valence-corrected chi connectivity index (χ3v) is 8.88. The molecule has 0 bridgehead atoms. The molecule has 0 unspecified atom stereocenters. The van der Waals surface area contributed by atoms with E-state index in [9.17, 15) is 0 Å². The Bertz CT molecular complexity index is 2130. The lowest BCUT2D eigenvalue weighted by atomic mass is 9.87. The summed E-state index contributed by atoms with van der Waals surface area (Å²) in [5, 5.41) is 10.5. The molecular weight excluding hydrogens is 464 g/mol. The van der Waals surface area contributed by atoms with Crippen LogP contribution < -0.4 is 0 Å². The van der Waals surface area contributed by atoms with E-state index in [2.05, 4.69) is 133 Å². The highest BCUT2D eigenvalue weighted by Crippen LogP contribution is 2.45. The molecule has 0 radical (unpaired) electrons.